The van der Waals surface area contributed by atoms with Gasteiger partial charge in [0.25, 0.3) is 11.8 Å². The molecule has 0 aromatic heterocycles. The first-order chi connectivity index (χ1) is 25.2. The fourth-order valence-corrected chi connectivity index (χ4v) is 6.71. The van der Waals surface area contributed by atoms with Crippen LogP contribution in [0.3, 0.4) is 0 Å². The van der Waals surface area contributed by atoms with Crippen molar-refractivity contribution in [2.75, 3.05) is 45.9 Å². The van der Waals surface area contributed by atoms with Crippen LogP contribution in [0.25, 0.3) is 0 Å². The van der Waals surface area contributed by atoms with E-state index in [1.807, 2.05) is 0 Å². The molecule has 1 spiro atoms. The highest BCUT2D eigenvalue weighted by Gasteiger charge is 2.48. The second kappa shape index (κ2) is 16.6. The number of carbonyl (C=O) groups is 3. The van der Waals surface area contributed by atoms with Gasteiger partial charge in [0.1, 0.15) is 17.7 Å². The van der Waals surface area contributed by atoms with Gasteiger partial charge in [0.05, 0.1) is 31.0 Å². The average molecular weight is 735 g/mol. The zero-order chi connectivity index (χ0) is 38.3. The van der Waals surface area contributed by atoms with Gasteiger partial charge in [-0.3, -0.25) is 24.2 Å². The lowest BCUT2D eigenvalue weighted by molar-refractivity contribution is -0.186. The third-order valence-electron chi connectivity index (χ3n) is 9.10. The summed E-state index contributed by atoms with van der Waals surface area (Å²) in [4.78, 5) is 46.9. The lowest BCUT2D eigenvalue weighted by atomic mass is 9.78. The summed E-state index contributed by atoms with van der Waals surface area (Å²) >= 11 is 0. The van der Waals surface area contributed by atoms with Gasteiger partial charge in [0, 0.05) is 54.3 Å². The van der Waals surface area contributed by atoms with E-state index in [1.165, 1.54) is 53.9 Å². The SMILES string of the molecule is C=C(C)CN1CC2(COC2)C1.CCN1C(=O)C(NC(=O)c2cccc(C(F)(F)F)c2)C(c2ccc(F)cc2)/C(=C(/N)CNC=O)C1=Nc1ccccc1. The van der Waals surface area contributed by atoms with E-state index in [9.17, 15) is 31.9 Å². The van der Waals surface area contributed by atoms with E-state index in [-0.39, 0.29) is 35.8 Å². The van der Waals surface area contributed by atoms with Crippen LogP contribution in [0.2, 0.25) is 0 Å². The van der Waals surface area contributed by atoms with Crippen LogP contribution in [-0.2, 0) is 20.5 Å². The van der Waals surface area contributed by atoms with E-state index in [0.717, 1.165) is 31.9 Å². The molecule has 3 aliphatic heterocycles. The molecule has 0 saturated carbocycles. The summed E-state index contributed by atoms with van der Waals surface area (Å²) in [6.07, 6.45) is -4.25. The summed E-state index contributed by atoms with van der Waals surface area (Å²) in [6, 6.07) is 16.3. The number of ether oxygens (including phenoxy) is 1. The van der Waals surface area contributed by atoms with Crippen LogP contribution < -0.4 is 16.4 Å². The molecule has 3 aromatic carbocycles. The maximum Gasteiger partial charge on any atom is 0.416 e. The Morgan fingerprint density at radius 3 is 2.32 bits per heavy atom. The highest BCUT2D eigenvalue weighted by molar-refractivity contribution is 6.15. The predicted molar refractivity (Wildman–Crippen MR) is 193 cm³/mol. The van der Waals surface area contributed by atoms with E-state index in [4.69, 9.17) is 15.5 Å². The summed E-state index contributed by atoms with van der Waals surface area (Å²) in [5.41, 5.74) is 8.22. The van der Waals surface area contributed by atoms with Gasteiger partial charge in [0.15, 0.2) is 0 Å². The molecular formula is C39H42F4N6O4. The number of benzene rings is 3. The lowest BCUT2D eigenvalue weighted by Gasteiger charge is -2.55. The Bertz CT molecular complexity index is 1870. The monoisotopic (exact) mass is 734 g/mol. The van der Waals surface area contributed by atoms with E-state index in [2.05, 4.69) is 29.0 Å². The van der Waals surface area contributed by atoms with Crippen LogP contribution in [0.15, 0.2) is 107 Å². The zero-order valence-corrected chi connectivity index (χ0v) is 29.5. The Morgan fingerprint density at radius 2 is 1.75 bits per heavy atom. The molecular weight excluding hydrogens is 692 g/mol. The van der Waals surface area contributed by atoms with Crippen molar-refractivity contribution in [3.05, 3.63) is 125 Å². The third kappa shape index (κ3) is 9.18. The third-order valence-corrected chi connectivity index (χ3v) is 9.10. The normalized spacial score (nSPS) is 21.1. The highest BCUT2D eigenvalue weighted by atomic mass is 19.4. The molecule has 280 valence electrons. The van der Waals surface area contributed by atoms with Crippen LogP contribution in [0.5, 0.6) is 0 Å². The Labute approximate surface area is 305 Å². The van der Waals surface area contributed by atoms with Gasteiger partial charge >= 0.3 is 6.18 Å². The molecule has 0 radical (unpaired) electrons. The van der Waals surface area contributed by atoms with Gasteiger partial charge in [-0.1, -0.05) is 48.6 Å². The molecule has 6 rings (SSSR count). The number of amidine groups is 1. The van der Waals surface area contributed by atoms with Gasteiger partial charge in [-0.15, -0.1) is 0 Å². The Kier molecular flexibility index (Phi) is 12.1. The Morgan fingerprint density at radius 1 is 1.08 bits per heavy atom. The number of alkyl halides is 3. The van der Waals surface area contributed by atoms with Crippen molar-refractivity contribution in [3.8, 4) is 0 Å². The number of para-hydroxylation sites is 1. The second-order valence-electron chi connectivity index (χ2n) is 13.4. The molecule has 14 heteroatoms. The topological polar surface area (TPSA) is 129 Å². The number of hydrogen-bond donors (Lipinski definition) is 3. The van der Waals surface area contributed by atoms with Crippen molar-refractivity contribution < 1.29 is 36.7 Å². The maximum atomic E-state index is 14.0. The molecule has 4 N–H and O–H groups in total. The highest BCUT2D eigenvalue weighted by Crippen LogP contribution is 2.39. The molecule has 3 aromatic rings. The number of likely N-dealkylation sites (tertiary alicyclic amines) is 2. The number of carbonyl (C=O) groups excluding carboxylic acids is 3. The molecule has 0 aliphatic carbocycles. The standard InChI is InChI=1S/C30H27F4N5O3.C9H15NO/c1-2-39-27(37-22-9-4-3-5-10-22)25(23(35)16-36-17-40)24(18-11-13-21(31)14-12-18)26(29(39)42)38-28(41)19-7-6-8-20(15-19)30(32,33)34;1-8(2)3-10-4-9(5-10)6-11-7-9/h3-15,17,24,26H,2,16,35H2,1H3,(H,36,40)(H,38,41);1,3-7H2,2H3/b25-23-,37-27?;. The van der Waals surface area contributed by atoms with Gasteiger partial charge in [-0.2, -0.15) is 13.2 Å². The average Bonchev–Trinajstić information content (AvgIpc) is 3.09. The van der Waals surface area contributed by atoms with E-state index >= 15 is 0 Å². The summed E-state index contributed by atoms with van der Waals surface area (Å²) < 4.78 is 59.2. The van der Waals surface area contributed by atoms with Crippen molar-refractivity contribution in [1.29, 1.82) is 0 Å². The molecule has 3 fully saturated rings. The van der Waals surface area contributed by atoms with E-state index in [0.29, 0.717) is 29.1 Å². The number of hydrogen-bond acceptors (Lipinski definition) is 7. The molecule has 3 amide bonds. The summed E-state index contributed by atoms with van der Waals surface area (Å²) in [7, 11) is 0. The largest absolute Gasteiger partial charge is 0.416 e. The summed E-state index contributed by atoms with van der Waals surface area (Å²) in [5, 5.41) is 5.07. The second-order valence-corrected chi connectivity index (χ2v) is 13.4. The van der Waals surface area contributed by atoms with Crippen molar-refractivity contribution in [2.45, 2.75) is 32.0 Å². The van der Waals surface area contributed by atoms with Gasteiger partial charge in [-0.25, -0.2) is 9.38 Å². The molecule has 0 bridgehead atoms. The Balaban J connectivity index is 0.000000416. The van der Waals surface area contributed by atoms with Crippen LogP contribution in [0, 0.1) is 11.2 Å². The lowest BCUT2D eigenvalue weighted by Crippen LogP contribution is -2.65. The minimum absolute atomic E-state index is 0.0917. The molecule has 3 saturated heterocycles. The predicted octanol–water partition coefficient (Wildman–Crippen LogP) is 5.17. The van der Waals surface area contributed by atoms with Gasteiger partial charge < -0.3 is 21.1 Å². The van der Waals surface area contributed by atoms with Crippen molar-refractivity contribution in [3.63, 3.8) is 0 Å². The van der Waals surface area contributed by atoms with E-state index in [1.54, 1.807) is 37.3 Å². The fraction of sp³-hybridized carbons (Fsp3) is 0.333. The number of nitrogens with one attached hydrogen (secondary N) is 2. The number of likely N-dealkylation sites (N-methyl/N-ethyl adjacent to an activating group) is 1. The van der Waals surface area contributed by atoms with Gasteiger partial charge in [0.2, 0.25) is 6.41 Å². The smallest absolute Gasteiger partial charge is 0.400 e. The van der Waals surface area contributed by atoms with Crippen LogP contribution >= 0.6 is 0 Å². The van der Waals surface area contributed by atoms with Crippen LogP contribution in [0.4, 0.5) is 23.2 Å². The number of nitrogens with zero attached hydrogens (tertiary/aromatic N) is 3. The molecule has 3 heterocycles. The number of piperidine rings is 1. The first-order valence-corrected chi connectivity index (χ1v) is 17.0. The number of amides is 3. The molecule has 2 unspecified atom stereocenters. The number of rotatable bonds is 10. The minimum Gasteiger partial charge on any atom is -0.400 e. The quantitative estimate of drug-likeness (QED) is 0.150. The minimum atomic E-state index is -4.69. The molecule has 53 heavy (non-hydrogen) atoms. The number of aliphatic imine (C=N–C) groups is 1. The van der Waals surface area contributed by atoms with Crippen LogP contribution in [0.1, 0.15) is 41.3 Å². The maximum absolute atomic E-state index is 14.0. The molecule has 10 nitrogen and oxygen atoms in total. The van der Waals surface area contributed by atoms with Crippen molar-refractivity contribution in [2.24, 2.45) is 16.1 Å². The van der Waals surface area contributed by atoms with E-state index < -0.39 is 41.3 Å². The fourth-order valence-electron chi connectivity index (χ4n) is 6.71. The first kappa shape index (κ1) is 38.9. The van der Waals surface area contributed by atoms with Crippen molar-refractivity contribution >= 4 is 29.7 Å². The van der Waals surface area contributed by atoms with Crippen LogP contribution in [-0.4, -0.2) is 85.8 Å². The molecule has 3 aliphatic rings. The zero-order valence-electron chi connectivity index (χ0n) is 29.5. The number of nitrogens with two attached hydrogens (primary N) is 1. The van der Waals surface area contributed by atoms with Gasteiger partial charge in [-0.05, 0) is 61.9 Å². The number of halogens is 4. The summed E-state index contributed by atoms with van der Waals surface area (Å²) in [6.45, 7) is 13.1. The van der Waals surface area contributed by atoms with Crippen molar-refractivity contribution in [1.82, 2.24) is 20.4 Å². The summed E-state index contributed by atoms with van der Waals surface area (Å²) in [5.74, 6) is -3.00. The molecule has 2 atom stereocenters. The first-order valence-electron chi connectivity index (χ1n) is 17.0. The Hall–Kier alpha value is -5.34.